The molecule has 2 saturated heterocycles. The lowest BCUT2D eigenvalue weighted by Crippen LogP contribution is -2.42. The van der Waals surface area contributed by atoms with Crippen molar-refractivity contribution in [1.82, 2.24) is 24.8 Å². The number of fused-ring (bicyclic) bond motifs is 1. The number of ether oxygens (including phenoxy) is 8. The maximum atomic E-state index is 14.7. The number of aromatic nitrogens is 3. The number of aromatic amines is 1. The van der Waals surface area contributed by atoms with Gasteiger partial charge < -0.3 is 58.4 Å². The zero-order valence-electron chi connectivity index (χ0n) is 52.2. The molecule has 2 unspecified atom stereocenters. The molecule has 0 spiro atoms. The lowest BCUT2D eigenvalue weighted by molar-refractivity contribution is 0.0188. The van der Waals surface area contributed by atoms with E-state index < -0.39 is 22.6 Å². The van der Waals surface area contributed by atoms with E-state index in [9.17, 15) is 23.6 Å². The first kappa shape index (κ1) is 63.2. The van der Waals surface area contributed by atoms with Gasteiger partial charge in [0.1, 0.15) is 70.4 Å². The Bertz CT molecular complexity index is 3700. The molecule has 89 heavy (non-hydrogen) atoms. The number of hydrogen-bond donors (Lipinski definition) is 2. The van der Waals surface area contributed by atoms with Gasteiger partial charge in [-0.25, -0.2) is 23.9 Å². The molecule has 2 aliphatic heterocycles. The summed E-state index contributed by atoms with van der Waals surface area (Å²) in [6.07, 6.45) is 7.65. The number of H-pyrrole nitrogens is 1. The van der Waals surface area contributed by atoms with Crippen LogP contribution in [-0.4, -0.2) is 108 Å². The quantitative estimate of drug-likeness (QED) is 0.0720. The van der Waals surface area contributed by atoms with Crippen LogP contribution in [0.2, 0.25) is 0 Å². The topological polar surface area (TPSA) is 216 Å². The number of nitrogens with zero attached hydrogens (tertiary/aromatic N) is 4. The normalized spacial score (nSPS) is 16.8. The largest absolute Gasteiger partial charge is 0.497 e. The van der Waals surface area contributed by atoms with Gasteiger partial charge in [0, 0.05) is 43.4 Å². The van der Waals surface area contributed by atoms with Crippen LogP contribution >= 0.6 is 0 Å². The third-order valence-electron chi connectivity index (χ3n) is 16.0. The second kappa shape index (κ2) is 27.7. The highest BCUT2D eigenvalue weighted by molar-refractivity contribution is 5.88. The minimum Gasteiger partial charge on any atom is -0.497 e. The van der Waals surface area contributed by atoms with E-state index in [1.807, 2.05) is 139 Å². The highest BCUT2D eigenvalue weighted by atomic mass is 19.1. The van der Waals surface area contributed by atoms with E-state index in [0.717, 1.165) is 91.4 Å². The number of piperidine rings is 2. The molecule has 2 atom stereocenters. The van der Waals surface area contributed by atoms with Crippen LogP contribution in [0.3, 0.4) is 0 Å². The van der Waals surface area contributed by atoms with Crippen molar-refractivity contribution in [3.8, 4) is 57.0 Å². The number of pyridine rings is 3. The van der Waals surface area contributed by atoms with Gasteiger partial charge >= 0.3 is 12.2 Å². The van der Waals surface area contributed by atoms with Gasteiger partial charge in [-0.15, -0.1) is 0 Å². The molecule has 18 nitrogen and oxygen atoms in total. The van der Waals surface area contributed by atoms with Gasteiger partial charge in [-0.3, -0.25) is 9.59 Å². The summed E-state index contributed by atoms with van der Waals surface area (Å²) in [7, 11) is 3.26. The van der Waals surface area contributed by atoms with Crippen molar-refractivity contribution in [3.05, 3.63) is 147 Å². The Morgan fingerprint density at radius 1 is 0.618 bits per heavy atom. The Balaban J connectivity index is 0.000000197. The van der Waals surface area contributed by atoms with Crippen LogP contribution in [0.4, 0.5) is 19.8 Å². The number of aldehydes is 1. The van der Waals surface area contributed by atoms with Gasteiger partial charge in [0.05, 0.1) is 55.5 Å². The fraction of sp³-hybridized carbons (Fsp3) is 0.429. The van der Waals surface area contributed by atoms with Crippen molar-refractivity contribution in [2.24, 2.45) is 11.8 Å². The van der Waals surface area contributed by atoms with Crippen molar-refractivity contribution in [2.75, 3.05) is 59.3 Å². The monoisotopic (exact) mass is 1220 g/mol. The lowest BCUT2D eigenvalue weighted by Gasteiger charge is -2.35. The fourth-order valence-electron chi connectivity index (χ4n) is 11.0. The van der Waals surface area contributed by atoms with Crippen LogP contribution in [0.15, 0.2) is 108 Å². The Kier molecular flexibility index (Phi) is 19.6. The van der Waals surface area contributed by atoms with Crippen LogP contribution in [-0.2, 0) is 22.7 Å². The minimum absolute atomic E-state index is 0.117. The number of carbonyl (C=O) groups excluding carboxylic acids is 3. The first-order valence-corrected chi connectivity index (χ1v) is 30.7. The Morgan fingerprint density at radius 3 is 1.49 bits per heavy atom. The number of likely N-dealkylation sites (tertiary alicyclic amines) is 2. The Labute approximate surface area is 519 Å². The first-order chi connectivity index (χ1) is 42.7. The zero-order valence-corrected chi connectivity index (χ0v) is 52.2. The average Bonchev–Trinajstić information content (AvgIpc) is 1.43. The molecule has 19 heteroatoms. The molecule has 11 rings (SSSR count). The van der Waals surface area contributed by atoms with Crippen LogP contribution < -0.4 is 39.7 Å². The molecule has 470 valence electrons. The standard InChI is InChI=1S/C36H40FN3O6.C34H41N3O6/c1-36(2,3)46-35(42)40-16-6-7-24(19-40)26-18-29(38-33-27(26)17-28(37)34(41)39-33)32-30(44-20-22-10-11-22)8-5-9-31(32)45-21-23-12-14-25(43-4)15-13-23;1-34(2,3)43-33(39)37-16-6-7-24(18-37)26-17-28(36-32(35)27(26)19-38)31-29(41-20-22-10-11-22)8-5-9-30(31)42-21-23-12-14-25(40-4)15-13-23/h5,8-9,12-15,17-18,22,24H,6-7,10-11,16,19-21H2,1-4H3,(H,38,39,41);5,8-9,12-15,17,19,22,24H,6-7,10-11,16,18,20-21H2,1-4H3,(H2,35,36). The second-order valence-electron chi connectivity index (χ2n) is 25.4. The number of nitrogen functional groups attached to an aromatic ring is 1. The predicted molar refractivity (Wildman–Crippen MR) is 338 cm³/mol. The predicted octanol–water partition coefficient (Wildman–Crippen LogP) is 13.9. The van der Waals surface area contributed by atoms with Crippen molar-refractivity contribution in [3.63, 3.8) is 0 Å². The summed E-state index contributed by atoms with van der Waals surface area (Å²) in [5.74, 6) is 3.98. The van der Waals surface area contributed by atoms with Crippen LogP contribution in [0.25, 0.3) is 33.5 Å². The molecule has 0 bridgehead atoms. The smallest absolute Gasteiger partial charge is 0.410 e. The molecule has 0 radical (unpaired) electrons. The summed E-state index contributed by atoms with van der Waals surface area (Å²) >= 11 is 0. The number of halogens is 1. The van der Waals surface area contributed by atoms with E-state index in [4.69, 9.17) is 48.6 Å². The SMILES string of the molecule is COc1ccc(COc2cccc(OCC3CC3)c2-c2cc(C3CCCN(C(=O)OC(C)(C)C)C3)c(C=O)c(N)n2)cc1.COc1ccc(COc2cccc(OCC3CC3)c2-c2cc(C3CCCN(C(=O)OC(C)(C)C)C3)c3cc(F)c(=O)[nH]c3n2)cc1. The molecular formula is C70H81FN6O12. The maximum Gasteiger partial charge on any atom is 0.410 e. The van der Waals surface area contributed by atoms with Gasteiger partial charge in [-0.2, -0.15) is 0 Å². The first-order valence-electron chi connectivity index (χ1n) is 30.7. The number of methoxy groups -OCH3 is 2. The molecule has 7 aromatic rings. The number of nitrogens with two attached hydrogens (primary N) is 1. The number of anilines is 1. The number of benzene rings is 4. The van der Waals surface area contributed by atoms with E-state index in [-0.39, 0.29) is 35.5 Å². The zero-order chi connectivity index (χ0) is 63.0. The van der Waals surface area contributed by atoms with E-state index in [1.165, 1.54) is 6.07 Å². The summed E-state index contributed by atoms with van der Waals surface area (Å²) in [5.41, 5.74) is 10.8. The van der Waals surface area contributed by atoms with E-state index in [1.54, 1.807) is 24.0 Å². The fourth-order valence-corrected chi connectivity index (χ4v) is 11.0. The van der Waals surface area contributed by atoms with Gasteiger partial charge in [-0.05, 0) is 194 Å². The highest BCUT2D eigenvalue weighted by Crippen LogP contribution is 2.45. The third-order valence-corrected chi connectivity index (χ3v) is 16.0. The van der Waals surface area contributed by atoms with Crippen molar-refractivity contribution < 1.29 is 56.7 Å². The molecule has 2 amide bonds. The number of nitrogens with one attached hydrogen (secondary N) is 1. The summed E-state index contributed by atoms with van der Waals surface area (Å²) in [6, 6.07) is 31.8. The van der Waals surface area contributed by atoms with Crippen molar-refractivity contribution in [1.29, 1.82) is 0 Å². The molecule has 2 aliphatic carbocycles. The summed E-state index contributed by atoms with van der Waals surface area (Å²) < 4.78 is 62.0. The van der Waals surface area contributed by atoms with Crippen LogP contribution in [0.1, 0.15) is 137 Å². The summed E-state index contributed by atoms with van der Waals surface area (Å²) in [5, 5.41) is 0.494. The summed E-state index contributed by atoms with van der Waals surface area (Å²) in [4.78, 5) is 66.3. The van der Waals surface area contributed by atoms with Crippen molar-refractivity contribution in [2.45, 2.75) is 129 Å². The molecule has 4 aliphatic rings. The molecule has 3 aromatic heterocycles. The molecule has 5 heterocycles. The molecule has 2 saturated carbocycles. The van der Waals surface area contributed by atoms with Gasteiger partial charge in [0.25, 0.3) is 5.56 Å². The van der Waals surface area contributed by atoms with Gasteiger partial charge in [-0.1, -0.05) is 36.4 Å². The maximum absolute atomic E-state index is 14.7. The van der Waals surface area contributed by atoms with E-state index in [0.29, 0.717) is 121 Å². The highest BCUT2D eigenvalue weighted by Gasteiger charge is 2.34. The van der Waals surface area contributed by atoms with Gasteiger partial charge in [0.15, 0.2) is 12.1 Å². The van der Waals surface area contributed by atoms with E-state index >= 15 is 0 Å². The molecule has 4 aromatic carbocycles. The Morgan fingerprint density at radius 2 is 1.06 bits per heavy atom. The second-order valence-corrected chi connectivity index (χ2v) is 25.4. The van der Waals surface area contributed by atoms with Crippen molar-refractivity contribution >= 4 is 35.3 Å². The van der Waals surface area contributed by atoms with Crippen LogP contribution in [0.5, 0.6) is 34.5 Å². The molecule has 3 N–H and O–H groups in total. The number of amides is 2. The third kappa shape index (κ3) is 16.5. The molecule has 4 fully saturated rings. The molecular weight excluding hydrogens is 1140 g/mol. The number of hydrogen-bond acceptors (Lipinski definition) is 15. The Hall–Kier alpha value is -8.87. The summed E-state index contributed by atoms with van der Waals surface area (Å²) in [6.45, 7) is 14.8. The number of rotatable bonds is 19. The number of carbonyl (C=O) groups is 3. The minimum atomic E-state index is -0.889. The van der Waals surface area contributed by atoms with E-state index in [2.05, 4.69) is 9.97 Å². The lowest BCUT2D eigenvalue weighted by atomic mass is 9.87. The van der Waals surface area contributed by atoms with Crippen LogP contribution in [0, 0.1) is 17.7 Å². The average molecular weight is 1220 g/mol. The van der Waals surface area contributed by atoms with Gasteiger partial charge in [0.2, 0.25) is 0 Å².